The van der Waals surface area contributed by atoms with Crippen LogP contribution in [0.25, 0.3) is 0 Å². The Labute approximate surface area is 161 Å². The van der Waals surface area contributed by atoms with Gasteiger partial charge in [0.2, 0.25) is 11.8 Å². The Morgan fingerprint density at radius 1 is 1.15 bits per heavy atom. The first-order chi connectivity index (χ1) is 13.1. The van der Waals surface area contributed by atoms with E-state index in [0.717, 1.165) is 57.7 Å². The van der Waals surface area contributed by atoms with Gasteiger partial charge in [-0.3, -0.25) is 14.5 Å². The number of nitrogens with zero attached hydrogens (tertiary/aromatic N) is 1. The van der Waals surface area contributed by atoms with E-state index in [-0.39, 0.29) is 17.7 Å². The van der Waals surface area contributed by atoms with Crippen molar-refractivity contribution in [3.05, 3.63) is 29.8 Å². The quantitative estimate of drug-likeness (QED) is 0.684. The Balaban J connectivity index is 1.44. The van der Waals surface area contributed by atoms with E-state index in [1.807, 2.05) is 12.1 Å². The summed E-state index contributed by atoms with van der Waals surface area (Å²) in [5, 5.41) is 6.41. The fourth-order valence-electron chi connectivity index (χ4n) is 4.11. The Bertz CT molecular complexity index is 635. The number of primary amides is 1. The number of carbonyl (C=O) groups is 2. The minimum atomic E-state index is -0.177. The number of anilines is 1. The van der Waals surface area contributed by atoms with E-state index >= 15 is 0 Å². The van der Waals surface area contributed by atoms with Crippen LogP contribution in [0.4, 0.5) is 5.69 Å². The molecule has 6 heteroatoms. The smallest absolute Gasteiger partial charge is 0.224 e. The van der Waals surface area contributed by atoms with Gasteiger partial charge in [-0.25, -0.2) is 0 Å². The molecule has 6 nitrogen and oxygen atoms in total. The maximum atomic E-state index is 12.3. The summed E-state index contributed by atoms with van der Waals surface area (Å²) >= 11 is 0. The molecule has 1 aromatic rings. The SMILES string of the molecule is NC(=O)C1CCN(Cc2cccc(NC(=O)CCC3CCNCC3)c2)CC1. The van der Waals surface area contributed by atoms with Crippen LogP contribution in [0.5, 0.6) is 0 Å². The molecule has 2 aliphatic heterocycles. The van der Waals surface area contributed by atoms with Crippen LogP contribution in [-0.2, 0) is 16.1 Å². The third-order valence-corrected chi connectivity index (χ3v) is 5.85. The van der Waals surface area contributed by atoms with E-state index in [1.54, 1.807) is 0 Å². The van der Waals surface area contributed by atoms with Gasteiger partial charge in [0.25, 0.3) is 0 Å². The molecule has 1 aromatic carbocycles. The summed E-state index contributed by atoms with van der Waals surface area (Å²) < 4.78 is 0. The van der Waals surface area contributed by atoms with Crippen LogP contribution in [0.15, 0.2) is 24.3 Å². The summed E-state index contributed by atoms with van der Waals surface area (Å²) in [5.41, 5.74) is 7.46. The third kappa shape index (κ3) is 6.33. The van der Waals surface area contributed by atoms with Crippen LogP contribution >= 0.6 is 0 Å². The van der Waals surface area contributed by atoms with Crippen molar-refractivity contribution >= 4 is 17.5 Å². The first-order valence-electron chi connectivity index (χ1n) is 10.2. The van der Waals surface area contributed by atoms with E-state index in [9.17, 15) is 9.59 Å². The highest BCUT2D eigenvalue weighted by molar-refractivity contribution is 5.90. The lowest BCUT2D eigenvalue weighted by molar-refractivity contribution is -0.123. The molecule has 0 atom stereocenters. The second-order valence-electron chi connectivity index (χ2n) is 7.93. The summed E-state index contributed by atoms with van der Waals surface area (Å²) in [6.07, 6.45) is 5.59. The van der Waals surface area contributed by atoms with Gasteiger partial charge in [-0.15, -0.1) is 0 Å². The highest BCUT2D eigenvalue weighted by Crippen LogP contribution is 2.21. The molecule has 0 aliphatic carbocycles. The first kappa shape index (κ1) is 19.8. The van der Waals surface area contributed by atoms with Crippen molar-refractivity contribution in [1.29, 1.82) is 0 Å². The molecule has 148 valence electrons. The van der Waals surface area contributed by atoms with Gasteiger partial charge in [-0.2, -0.15) is 0 Å². The van der Waals surface area contributed by atoms with Crippen molar-refractivity contribution < 1.29 is 9.59 Å². The lowest BCUT2D eigenvalue weighted by Crippen LogP contribution is -2.38. The number of rotatable bonds is 7. The zero-order chi connectivity index (χ0) is 19.1. The lowest BCUT2D eigenvalue weighted by atomic mass is 9.93. The minimum Gasteiger partial charge on any atom is -0.369 e. The van der Waals surface area contributed by atoms with Gasteiger partial charge < -0.3 is 16.4 Å². The van der Waals surface area contributed by atoms with Gasteiger partial charge in [0.1, 0.15) is 0 Å². The van der Waals surface area contributed by atoms with Crippen molar-refractivity contribution in [1.82, 2.24) is 10.2 Å². The summed E-state index contributed by atoms with van der Waals surface area (Å²) in [6, 6.07) is 8.09. The van der Waals surface area contributed by atoms with Gasteiger partial charge in [0.05, 0.1) is 0 Å². The predicted octanol–water partition coefficient (Wildman–Crippen LogP) is 2.10. The average molecular weight is 373 g/mol. The van der Waals surface area contributed by atoms with Crippen LogP contribution < -0.4 is 16.4 Å². The summed E-state index contributed by atoms with van der Waals surface area (Å²) in [7, 11) is 0. The molecular formula is C21H32N4O2. The van der Waals surface area contributed by atoms with E-state index in [0.29, 0.717) is 12.3 Å². The number of hydrogen-bond acceptors (Lipinski definition) is 4. The molecule has 0 saturated carbocycles. The molecule has 3 rings (SSSR count). The monoisotopic (exact) mass is 372 g/mol. The molecule has 0 radical (unpaired) electrons. The maximum Gasteiger partial charge on any atom is 0.224 e. The van der Waals surface area contributed by atoms with Gasteiger partial charge >= 0.3 is 0 Å². The van der Waals surface area contributed by atoms with Crippen molar-refractivity contribution in [3.8, 4) is 0 Å². The number of amides is 2. The van der Waals surface area contributed by atoms with Crippen LogP contribution in [0.3, 0.4) is 0 Å². The lowest BCUT2D eigenvalue weighted by Gasteiger charge is -2.30. The Morgan fingerprint density at radius 2 is 1.89 bits per heavy atom. The molecule has 2 aliphatic rings. The van der Waals surface area contributed by atoms with Crippen molar-refractivity contribution in [2.24, 2.45) is 17.6 Å². The largest absolute Gasteiger partial charge is 0.369 e. The summed E-state index contributed by atoms with van der Waals surface area (Å²) in [5.74, 6) is 0.621. The van der Waals surface area contributed by atoms with Gasteiger partial charge in [-0.05, 0) is 81.9 Å². The standard InChI is InChI=1S/C21H32N4O2/c22-21(27)18-8-12-25(13-9-18)15-17-2-1-3-19(14-17)24-20(26)5-4-16-6-10-23-11-7-16/h1-3,14,16,18,23H,4-13,15H2,(H2,22,27)(H,24,26). The van der Waals surface area contributed by atoms with Gasteiger partial charge in [0.15, 0.2) is 0 Å². The number of carbonyl (C=O) groups excluding carboxylic acids is 2. The van der Waals surface area contributed by atoms with E-state index < -0.39 is 0 Å². The van der Waals surface area contributed by atoms with Crippen molar-refractivity contribution in [3.63, 3.8) is 0 Å². The minimum absolute atomic E-state index is 0.0202. The number of likely N-dealkylation sites (tertiary alicyclic amines) is 1. The topological polar surface area (TPSA) is 87.5 Å². The normalized spacial score (nSPS) is 19.7. The number of nitrogens with one attached hydrogen (secondary N) is 2. The summed E-state index contributed by atoms with van der Waals surface area (Å²) in [6.45, 7) is 4.77. The molecular weight excluding hydrogens is 340 g/mol. The average Bonchev–Trinajstić information content (AvgIpc) is 2.68. The number of benzene rings is 1. The van der Waals surface area contributed by atoms with Crippen LogP contribution in [0.2, 0.25) is 0 Å². The molecule has 2 fully saturated rings. The number of hydrogen-bond donors (Lipinski definition) is 3. The zero-order valence-corrected chi connectivity index (χ0v) is 16.1. The van der Waals surface area contributed by atoms with E-state index in [1.165, 1.54) is 18.4 Å². The van der Waals surface area contributed by atoms with Crippen molar-refractivity contribution in [2.45, 2.75) is 45.1 Å². The maximum absolute atomic E-state index is 12.3. The van der Waals surface area contributed by atoms with Crippen LogP contribution in [-0.4, -0.2) is 42.9 Å². The predicted molar refractivity (Wildman–Crippen MR) is 107 cm³/mol. The highest BCUT2D eigenvalue weighted by Gasteiger charge is 2.23. The van der Waals surface area contributed by atoms with E-state index in [2.05, 4.69) is 27.7 Å². The van der Waals surface area contributed by atoms with Crippen LogP contribution in [0, 0.1) is 11.8 Å². The Kier molecular flexibility index (Phi) is 7.24. The summed E-state index contributed by atoms with van der Waals surface area (Å²) in [4.78, 5) is 25.9. The first-order valence-corrected chi connectivity index (χ1v) is 10.2. The molecule has 0 spiro atoms. The van der Waals surface area contributed by atoms with Crippen LogP contribution in [0.1, 0.15) is 44.1 Å². The fraction of sp³-hybridized carbons (Fsp3) is 0.619. The Hall–Kier alpha value is -1.92. The second kappa shape index (κ2) is 9.85. The fourth-order valence-corrected chi connectivity index (χ4v) is 4.11. The van der Waals surface area contributed by atoms with Gasteiger partial charge in [-0.1, -0.05) is 12.1 Å². The second-order valence-corrected chi connectivity index (χ2v) is 7.93. The molecule has 27 heavy (non-hydrogen) atoms. The highest BCUT2D eigenvalue weighted by atomic mass is 16.2. The zero-order valence-electron chi connectivity index (χ0n) is 16.1. The molecule has 4 N–H and O–H groups in total. The Morgan fingerprint density at radius 3 is 2.59 bits per heavy atom. The molecule has 2 heterocycles. The van der Waals surface area contributed by atoms with E-state index in [4.69, 9.17) is 5.73 Å². The molecule has 0 aromatic heterocycles. The number of piperidine rings is 2. The molecule has 2 saturated heterocycles. The molecule has 2 amide bonds. The number of nitrogens with two attached hydrogens (primary N) is 1. The molecule has 0 unspecified atom stereocenters. The third-order valence-electron chi connectivity index (χ3n) is 5.85. The van der Waals surface area contributed by atoms with Gasteiger partial charge in [0, 0.05) is 24.6 Å². The molecule has 0 bridgehead atoms. The van der Waals surface area contributed by atoms with Crippen molar-refractivity contribution in [2.75, 3.05) is 31.5 Å².